The van der Waals surface area contributed by atoms with Crippen LogP contribution in [-0.2, 0) is 11.2 Å². The van der Waals surface area contributed by atoms with Gasteiger partial charge in [0.25, 0.3) is 0 Å². The number of anilines is 2. The number of carbonyl (C=O) groups is 2. The third-order valence-electron chi connectivity index (χ3n) is 3.45. The molecule has 1 aromatic carbocycles. The highest BCUT2D eigenvalue weighted by Gasteiger charge is 2.11. The van der Waals surface area contributed by atoms with Crippen LogP contribution in [0.1, 0.15) is 12.3 Å². The maximum Gasteiger partial charge on any atom is 0.318 e. The van der Waals surface area contributed by atoms with E-state index >= 15 is 0 Å². The number of urea groups is 1. The van der Waals surface area contributed by atoms with Crippen molar-refractivity contribution in [2.45, 2.75) is 12.8 Å². The summed E-state index contributed by atoms with van der Waals surface area (Å²) in [6.45, 7) is 0. The highest BCUT2D eigenvalue weighted by Crippen LogP contribution is 2.21. The minimum atomic E-state index is -0.303. The lowest BCUT2D eigenvalue weighted by Gasteiger charge is -2.07. The zero-order chi connectivity index (χ0) is 18.4. The van der Waals surface area contributed by atoms with Crippen LogP contribution in [0.2, 0.25) is 0 Å². The van der Waals surface area contributed by atoms with Gasteiger partial charge in [0.2, 0.25) is 17.7 Å². The number of carbonyl (C=O) groups excluding carboxylic acids is 2. The molecule has 0 unspecified atom stereocenters. The summed E-state index contributed by atoms with van der Waals surface area (Å²) < 4.78 is 5.55. The van der Waals surface area contributed by atoms with Gasteiger partial charge in [-0.05, 0) is 35.7 Å². The van der Waals surface area contributed by atoms with Gasteiger partial charge in [-0.1, -0.05) is 0 Å². The fraction of sp³-hybridized carbons (Fsp3) is 0.176. The molecule has 8 nitrogen and oxygen atoms in total. The number of hydrogen-bond donors (Lipinski definition) is 3. The van der Waals surface area contributed by atoms with Crippen LogP contribution in [0, 0.1) is 0 Å². The molecule has 2 aromatic heterocycles. The molecule has 0 aliphatic carbocycles. The van der Waals surface area contributed by atoms with Crippen molar-refractivity contribution in [3.05, 3.63) is 47.0 Å². The van der Waals surface area contributed by atoms with Gasteiger partial charge >= 0.3 is 6.03 Å². The third kappa shape index (κ3) is 4.67. The number of benzene rings is 1. The first kappa shape index (κ1) is 17.6. The van der Waals surface area contributed by atoms with Crippen molar-refractivity contribution < 1.29 is 14.0 Å². The Hall–Kier alpha value is -3.20. The molecule has 0 saturated carbocycles. The predicted molar refractivity (Wildman–Crippen MR) is 99.1 cm³/mol. The third-order valence-corrected chi connectivity index (χ3v) is 4.14. The van der Waals surface area contributed by atoms with Crippen LogP contribution in [0.25, 0.3) is 11.5 Å². The summed E-state index contributed by atoms with van der Waals surface area (Å²) in [5, 5.41) is 19.7. The molecule has 0 spiro atoms. The predicted octanol–water partition coefficient (Wildman–Crippen LogP) is 3.12. The van der Waals surface area contributed by atoms with Crippen LogP contribution in [0.5, 0.6) is 0 Å². The molecule has 0 radical (unpaired) electrons. The minimum absolute atomic E-state index is 0.160. The zero-order valence-electron chi connectivity index (χ0n) is 14.0. The normalized spacial score (nSPS) is 10.3. The summed E-state index contributed by atoms with van der Waals surface area (Å²) >= 11 is 1.55. The lowest BCUT2D eigenvalue weighted by atomic mass is 10.2. The van der Waals surface area contributed by atoms with Gasteiger partial charge in [0.15, 0.2) is 0 Å². The number of aryl methyl sites for hydroxylation is 1. The van der Waals surface area contributed by atoms with E-state index in [2.05, 4.69) is 26.1 Å². The number of rotatable bonds is 6. The molecule has 3 aromatic rings. The lowest BCUT2D eigenvalue weighted by molar-refractivity contribution is -0.116. The van der Waals surface area contributed by atoms with Gasteiger partial charge in [-0.25, -0.2) is 4.79 Å². The minimum Gasteiger partial charge on any atom is -0.421 e. The average molecular weight is 371 g/mol. The SMILES string of the molecule is CNC(=O)Nc1ccc(NC(=O)CCc2nnc(-c3ccsc3)o2)cc1. The van der Waals surface area contributed by atoms with E-state index < -0.39 is 0 Å². The van der Waals surface area contributed by atoms with E-state index in [1.807, 2.05) is 16.8 Å². The Balaban J connectivity index is 1.49. The first-order valence-electron chi connectivity index (χ1n) is 7.87. The van der Waals surface area contributed by atoms with E-state index in [4.69, 9.17) is 4.42 Å². The molecule has 3 rings (SSSR count). The molecule has 3 N–H and O–H groups in total. The first-order valence-corrected chi connectivity index (χ1v) is 8.82. The van der Waals surface area contributed by atoms with Crippen molar-refractivity contribution in [2.24, 2.45) is 0 Å². The van der Waals surface area contributed by atoms with Crippen molar-refractivity contribution in [2.75, 3.05) is 17.7 Å². The van der Waals surface area contributed by atoms with Gasteiger partial charge < -0.3 is 20.4 Å². The van der Waals surface area contributed by atoms with Gasteiger partial charge in [-0.15, -0.1) is 10.2 Å². The Labute approximate surface area is 153 Å². The maximum absolute atomic E-state index is 12.1. The summed E-state index contributed by atoms with van der Waals surface area (Å²) in [7, 11) is 1.54. The first-order chi connectivity index (χ1) is 12.6. The summed E-state index contributed by atoms with van der Waals surface area (Å²) in [6.07, 6.45) is 0.586. The lowest BCUT2D eigenvalue weighted by Crippen LogP contribution is -2.24. The van der Waals surface area contributed by atoms with Crippen LogP contribution in [0.15, 0.2) is 45.5 Å². The molecule has 0 fully saturated rings. The van der Waals surface area contributed by atoms with Crippen LogP contribution >= 0.6 is 11.3 Å². The van der Waals surface area contributed by atoms with E-state index in [1.54, 1.807) is 35.6 Å². The number of amides is 3. The molecule has 3 amide bonds. The fourth-order valence-electron chi connectivity index (χ4n) is 2.13. The Kier molecular flexibility index (Phi) is 5.59. The maximum atomic E-state index is 12.1. The second kappa shape index (κ2) is 8.26. The average Bonchev–Trinajstić information content (AvgIpc) is 3.33. The molecule has 134 valence electrons. The molecular formula is C17H17N5O3S. The van der Waals surface area contributed by atoms with Crippen LogP contribution < -0.4 is 16.0 Å². The number of nitrogens with zero attached hydrogens (tertiary/aromatic N) is 2. The fourth-order valence-corrected chi connectivity index (χ4v) is 2.76. The van der Waals surface area contributed by atoms with E-state index in [-0.39, 0.29) is 18.4 Å². The molecule has 0 saturated heterocycles. The van der Waals surface area contributed by atoms with Gasteiger partial charge in [0, 0.05) is 42.2 Å². The Morgan fingerprint density at radius 3 is 2.46 bits per heavy atom. The highest BCUT2D eigenvalue weighted by atomic mass is 32.1. The van der Waals surface area contributed by atoms with Crippen molar-refractivity contribution in [1.82, 2.24) is 15.5 Å². The van der Waals surface area contributed by atoms with Gasteiger partial charge in [0.05, 0.1) is 0 Å². The molecular weight excluding hydrogens is 354 g/mol. The smallest absolute Gasteiger partial charge is 0.318 e. The van der Waals surface area contributed by atoms with Gasteiger partial charge in [-0.3, -0.25) is 4.79 Å². The Morgan fingerprint density at radius 2 is 1.81 bits per heavy atom. The highest BCUT2D eigenvalue weighted by molar-refractivity contribution is 7.08. The van der Waals surface area contributed by atoms with Crippen molar-refractivity contribution in [3.63, 3.8) is 0 Å². The van der Waals surface area contributed by atoms with Crippen molar-refractivity contribution in [1.29, 1.82) is 0 Å². The summed E-state index contributed by atoms with van der Waals surface area (Å²) in [6, 6.07) is 8.43. The van der Waals surface area contributed by atoms with Crippen LogP contribution in [0.3, 0.4) is 0 Å². The van der Waals surface area contributed by atoms with Crippen LogP contribution in [0.4, 0.5) is 16.2 Å². The topological polar surface area (TPSA) is 109 Å². The second-order valence-electron chi connectivity index (χ2n) is 5.34. The van der Waals surface area contributed by atoms with E-state index in [0.717, 1.165) is 5.56 Å². The standard InChI is InChI=1S/C17H17N5O3S/c1-18-17(24)20-13-4-2-12(3-5-13)19-14(23)6-7-15-21-22-16(25-15)11-8-9-26-10-11/h2-5,8-10H,6-7H2,1H3,(H,19,23)(H2,18,20,24). The van der Waals surface area contributed by atoms with Crippen molar-refractivity contribution in [3.8, 4) is 11.5 Å². The van der Waals surface area contributed by atoms with E-state index in [9.17, 15) is 9.59 Å². The number of hydrogen-bond acceptors (Lipinski definition) is 6. The molecule has 0 atom stereocenters. The van der Waals surface area contributed by atoms with Crippen LogP contribution in [-0.4, -0.2) is 29.2 Å². The Bertz CT molecular complexity index is 874. The van der Waals surface area contributed by atoms with Crippen molar-refractivity contribution >= 4 is 34.6 Å². The molecule has 2 heterocycles. The van der Waals surface area contributed by atoms with E-state index in [1.165, 1.54) is 7.05 Å². The van der Waals surface area contributed by atoms with E-state index in [0.29, 0.717) is 29.6 Å². The number of nitrogens with one attached hydrogen (secondary N) is 3. The van der Waals surface area contributed by atoms with Gasteiger partial charge in [-0.2, -0.15) is 11.3 Å². The molecule has 26 heavy (non-hydrogen) atoms. The number of thiophene rings is 1. The largest absolute Gasteiger partial charge is 0.421 e. The Morgan fingerprint density at radius 1 is 1.08 bits per heavy atom. The molecule has 0 aliphatic rings. The second-order valence-corrected chi connectivity index (χ2v) is 6.12. The monoisotopic (exact) mass is 371 g/mol. The summed E-state index contributed by atoms with van der Waals surface area (Å²) in [5.74, 6) is 0.722. The molecule has 9 heteroatoms. The summed E-state index contributed by atoms with van der Waals surface area (Å²) in [4.78, 5) is 23.3. The zero-order valence-corrected chi connectivity index (χ0v) is 14.8. The van der Waals surface area contributed by atoms with Gasteiger partial charge in [0.1, 0.15) is 0 Å². The summed E-state index contributed by atoms with van der Waals surface area (Å²) in [5.41, 5.74) is 2.15. The quantitative estimate of drug-likeness (QED) is 0.617. The molecule has 0 bridgehead atoms. The molecule has 0 aliphatic heterocycles. The number of aromatic nitrogens is 2.